The molecule has 0 spiro atoms. The summed E-state index contributed by atoms with van der Waals surface area (Å²) in [6.07, 6.45) is 0.0746. The quantitative estimate of drug-likeness (QED) is 0.414. The minimum atomic E-state index is -0.551. The zero-order valence-electron chi connectivity index (χ0n) is 4.39. The average Bonchev–Trinajstić information content (AvgIpc) is 1.68. The van der Waals surface area contributed by atoms with Crippen molar-refractivity contribution in [2.45, 2.75) is 19.6 Å². The molecule has 3 N–H and O–H groups in total. The van der Waals surface area contributed by atoms with Gasteiger partial charge in [-0.2, -0.15) is 0 Å². The SMILES string of the molecule is CCC(O)NCO. The van der Waals surface area contributed by atoms with Crippen LogP contribution in [0.4, 0.5) is 0 Å². The van der Waals surface area contributed by atoms with Crippen molar-refractivity contribution >= 4 is 0 Å². The van der Waals surface area contributed by atoms with Gasteiger partial charge in [0.25, 0.3) is 0 Å². The molecule has 0 aromatic heterocycles. The normalized spacial score (nSPS) is 14.1. The van der Waals surface area contributed by atoms with Crippen molar-refractivity contribution in [2.75, 3.05) is 6.73 Å². The second-order valence-corrected chi connectivity index (χ2v) is 1.29. The van der Waals surface area contributed by atoms with E-state index < -0.39 is 6.23 Å². The molecule has 0 aromatic carbocycles. The van der Waals surface area contributed by atoms with E-state index in [-0.39, 0.29) is 6.73 Å². The molecule has 0 heterocycles. The third-order valence-electron chi connectivity index (χ3n) is 0.714. The highest BCUT2D eigenvalue weighted by Crippen LogP contribution is 1.79. The molecule has 0 bridgehead atoms. The second kappa shape index (κ2) is 4.05. The van der Waals surface area contributed by atoms with Gasteiger partial charge in [-0.3, -0.25) is 5.32 Å². The highest BCUT2D eigenvalue weighted by atomic mass is 16.3. The van der Waals surface area contributed by atoms with Gasteiger partial charge < -0.3 is 10.2 Å². The van der Waals surface area contributed by atoms with Crippen LogP contribution in [0.1, 0.15) is 13.3 Å². The number of aliphatic hydroxyl groups excluding tert-OH is 2. The molecule has 44 valence electrons. The van der Waals surface area contributed by atoms with E-state index in [4.69, 9.17) is 10.2 Å². The van der Waals surface area contributed by atoms with Crippen LogP contribution in [0.25, 0.3) is 0 Å². The number of hydrogen-bond donors (Lipinski definition) is 3. The summed E-state index contributed by atoms with van der Waals surface area (Å²) in [4.78, 5) is 0. The highest BCUT2D eigenvalue weighted by molar-refractivity contribution is 4.41. The Bertz CT molecular complexity index is 40.7. The lowest BCUT2D eigenvalue weighted by molar-refractivity contribution is 0.0947. The molecule has 3 heteroatoms. The first kappa shape index (κ1) is 6.88. The molecule has 0 radical (unpaired) electrons. The van der Waals surface area contributed by atoms with Crippen LogP contribution in [0.5, 0.6) is 0 Å². The van der Waals surface area contributed by atoms with E-state index in [9.17, 15) is 0 Å². The standard InChI is InChI=1S/C4H11NO2/c1-2-4(7)5-3-6/h4-7H,2-3H2,1H3. The molecule has 0 saturated heterocycles. The number of rotatable bonds is 3. The Labute approximate surface area is 43.0 Å². The van der Waals surface area contributed by atoms with E-state index in [0.29, 0.717) is 6.42 Å². The lowest BCUT2D eigenvalue weighted by Gasteiger charge is -2.04. The lowest BCUT2D eigenvalue weighted by Crippen LogP contribution is -2.28. The Morgan fingerprint density at radius 1 is 1.71 bits per heavy atom. The fourth-order valence-corrected chi connectivity index (χ4v) is 0.250. The van der Waals surface area contributed by atoms with Gasteiger partial charge in [0.15, 0.2) is 0 Å². The van der Waals surface area contributed by atoms with Crippen molar-refractivity contribution in [1.82, 2.24) is 5.32 Å². The molecule has 0 aromatic rings. The van der Waals surface area contributed by atoms with Gasteiger partial charge in [-0.15, -0.1) is 0 Å². The maximum Gasteiger partial charge on any atom is 0.106 e. The molecule has 1 atom stereocenters. The molecule has 0 saturated carbocycles. The van der Waals surface area contributed by atoms with E-state index in [1.807, 2.05) is 6.92 Å². The maximum absolute atomic E-state index is 8.59. The van der Waals surface area contributed by atoms with E-state index in [1.54, 1.807) is 0 Å². The van der Waals surface area contributed by atoms with Gasteiger partial charge in [-0.25, -0.2) is 0 Å². The number of nitrogens with one attached hydrogen (secondary N) is 1. The predicted molar refractivity (Wildman–Crippen MR) is 26.5 cm³/mol. The Hall–Kier alpha value is -0.120. The van der Waals surface area contributed by atoms with Crippen LogP contribution in [-0.2, 0) is 0 Å². The van der Waals surface area contributed by atoms with E-state index in [2.05, 4.69) is 5.32 Å². The van der Waals surface area contributed by atoms with Gasteiger partial charge in [-0.1, -0.05) is 6.92 Å². The first-order chi connectivity index (χ1) is 3.31. The summed E-state index contributed by atoms with van der Waals surface area (Å²) >= 11 is 0. The van der Waals surface area contributed by atoms with E-state index >= 15 is 0 Å². The monoisotopic (exact) mass is 105 g/mol. The molecule has 0 aliphatic rings. The molecular weight excluding hydrogens is 94.0 g/mol. The summed E-state index contributed by atoms with van der Waals surface area (Å²) in [7, 11) is 0. The molecule has 0 amide bonds. The summed E-state index contributed by atoms with van der Waals surface area (Å²) in [6, 6.07) is 0. The van der Waals surface area contributed by atoms with Crippen molar-refractivity contribution in [3.63, 3.8) is 0 Å². The molecule has 0 rings (SSSR count). The van der Waals surface area contributed by atoms with Crippen molar-refractivity contribution in [2.24, 2.45) is 0 Å². The van der Waals surface area contributed by atoms with Gasteiger partial charge in [0.05, 0.1) is 6.73 Å². The number of hydrogen-bond acceptors (Lipinski definition) is 3. The Balaban J connectivity index is 2.83. The van der Waals surface area contributed by atoms with Crippen LogP contribution >= 0.6 is 0 Å². The van der Waals surface area contributed by atoms with Gasteiger partial charge in [0, 0.05) is 0 Å². The maximum atomic E-state index is 8.59. The van der Waals surface area contributed by atoms with Crippen LogP contribution < -0.4 is 5.32 Å². The fourth-order valence-electron chi connectivity index (χ4n) is 0.250. The molecule has 0 aliphatic heterocycles. The van der Waals surface area contributed by atoms with Crippen LogP contribution in [0.3, 0.4) is 0 Å². The highest BCUT2D eigenvalue weighted by Gasteiger charge is 1.92. The summed E-state index contributed by atoms with van der Waals surface area (Å²) < 4.78 is 0. The smallest absolute Gasteiger partial charge is 0.106 e. The Morgan fingerprint density at radius 3 is 2.43 bits per heavy atom. The van der Waals surface area contributed by atoms with E-state index in [0.717, 1.165) is 0 Å². The fraction of sp³-hybridized carbons (Fsp3) is 1.00. The van der Waals surface area contributed by atoms with Gasteiger partial charge >= 0.3 is 0 Å². The average molecular weight is 105 g/mol. The first-order valence-corrected chi connectivity index (χ1v) is 2.33. The second-order valence-electron chi connectivity index (χ2n) is 1.29. The summed E-state index contributed by atoms with van der Waals surface area (Å²) in [5.74, 6) is 0. The molecule has 0 aliphatic carbocycles. The van der Waals surface area contributed by atoms with Crippen molar-refractivity contribution in [3.8, 4) is 0 Å². The summed E-state index contributed by atoms with van der Waals surface area (Å²) in [6.45, 7) is 1.67. The third-order valence-corrected chi connectivity index (χ3v) is 0.714. The van der Waals surface area contributed by atoms with Crippen molar-refractivity contribution in [3.05, 3.63) is 0 Å². The van der Waals surface area contributed by atoms with Gasteiger partial charge in [0.1, 0.15) is 6.23 Å². The summed E-state index contributed by atoms with van der Waals surface area (Å²) in [5, 5.41) is 19.1. The van der Waals surface area contributed by atoms with E-state index in [1.165, 1.54) is 0 Å². The Kier molecular flexibility index (Phi) is 3.98. The molecule has 3 nitrogen and oxygen atoms in total. The minimum absolute atomic E-state index is 0.158. The van der Waals surface area contributed by atoms with Crippen LogP contribution in [0.15, 0.2) is 0 Å². The predicted octanol–water partition coefficient (Wildman–Crippen LogP) is -0.746. The van der Waals surface area contributed by atoms with Crippen molar-refractivity contribution < 1.29 is 10.2 Å². The lowest BCUT2D eigenvalue weighted by atomic mass is 10.4. The van der Waals surface area contributed by atoms with Gasteiger partial charge in [-0.05, 0) is 6.42 Å². The minimum Gasteiger partial charge on any atom is -0.381 e. The van der Waals surface area contributed by atoms with Crippen molar-refractivity contribution in [1.29, 1.82) is 0 Å². The zero-order valence-corrected chi connectivity index (χ0v) is 4.39. The molecule has 7 heavy (non-hydrogen) atoms. The largest absolute Gasteiger partial charge is 0.381 e. The first-order valence-electron chi connectivity index (χ1n) is 2.33. The molecular formula is C4H11NO2. The van der Waals surface area contributed by atoms with Crippen LogP contribution in [-0.4, -0.2) is 23.2 Å². The van der Waals surface area contributed by atoms with Crippen LogP contribution in [0, 0.1) is 0 Å². The third kappa shape index (κ3) is 3.72. The number of aliphatic hydroxyl groups is 2. The van der Waals surface area contributed by atoms with Crippen LogP contribution in [0.2, 0.25) is 0 Å². The zero-order chi connectivity index (χ0) is 5.70. The Morgan fingerprint density at radius 2 is 2.29 bits per heavy atom. The topological polar surface area (TPSA) is 52.5 Å². The molecule has 1 unspecified atom stereocenters. The summed E-state index contributed by atoms with van der Waals surface area (Å²) in [5.41, 5.74) is 0. The van der Waals surface area contributed by atoms with Gasteiger partial charge in [0.2, 0.25) is 0 Å². The molecule has 0 fully saturated rings.